The molecule has 0 spiro atoms. The van der Waals surface area contributed by atoms with Crippen LogP contribution in [0.5, 0.6) is 0 Å². The van der Waals surface area contributed by atoms with Gasteiger partial charge >= 0.3 is 5.97 Å². The van der Waals surface area contributed by atoms with Crippen LogP contribution in [0.15, 0.2) is 29.2 Å². The number of rotatable bonds is 9. The van der Waals surface area contributed by atoms with Crippen molar-refractivity contribution >= 4 is 39.4 Å². The van der Waals surface area contributed by atoms with Gasteiger partial charge in [-0.25, -0.2) is 13.1 Å². The van der Waals surface area contributed by atoms with E-state index in [-0.39, 0.29) is 10.8 Å². The lowest BCUT2D eigenvalue weighted by molar-refractivity contribution is -0.142. The summed E-state index contributed by atoms with van der Waals surface area (Å²) in [5, 5.41) is 9.38. The van der Waals surface area contributed by atoms with Gasteiger partial charge in [0.1, 0.15) is 0 Å². The maximum Gasteiger partial charge on any atom is 0.306 e. The van der Waals surface area contributed by atoms with E-state index in [1.165, 1.54) is 36.0 Å². The Labute approximate surface area is 140 Å². The molecule has 0 aromatic heterocycles. The molecule has 0 radical (unpaired) electrons. The molecule has 0 fully saturated rings. The highest BCUT2D eigenvalue weighted by Crippen LogP contribution is 2.17. The summed E-state index contributed by atoms with van der Waals surface area (Å²) in [6.45, 7) is 3.85. The molecule has 1 aromatic rings. The van der Waals surface area contributed by atoms with Crippen LogP contribution in [0.2, 0.25) is 5.02 Å². The van der Waals surface area contributed by atoms with E-state index in [2.05, 4.69) is 4.72 Å². The molecule has 0 saturated heterocycles. The van der Waals surface area contributed by atoms with E-state index in [0.29, 0.717) is 23.1 Å². The Balaban J connectivity index is 2.35. The van der Waals surface area contributed by atoms with Gasteiger partial charge in [-0.1, -0.05) is 25.4 Å². The van der Waals surface area contributed by atoms with Gasteiger partial charge in [-0.2, -0.15) is 11.8 Å². The zero-order valence-electron chi connectivity index (χ0n) is 12.5. The number of carbonyl (C=O) groups is 1. The first-order chi connectivity index (χ1) is 10.2. The minimum atomic E-state index is -3.52. The molecule has 1 rings (SSSR count). The largest absolute Gasteiger partial charge is 0.481 e. The molecule has 0 heterocycles. The highest BCUT2D eigenvalue weighted by molar-refractivity contribution is 7.99. The summed E-state index contributed by atoms with van der Waals surface area (Å²) in [4.78, 5) is 11.0. The Hall–Kier alpha value is -0.760. The maximum atomic E-state index is 12.0. The van der Waals surface area contributed by atoms with E-state index in [4.69, 9.17) is 16.7 Å². The van der Waals surface area contributed by atoms with Gasteiger partial charge in [0, 0.05) is 17.3 Å². The fraction of sp³-hybridized carbons (Fsp3) is 0.500. The second kappa shape index (κ2) is 8.76. The molecule has 0 aliphatic heterocycles. The summed E-state index contributed by atoms with van der Waals surface area (Å²) in [7, 11) is -3.52. The van der Waals surface area contributed by atoms with Gasteiger partial charge in [0.15, 0.2) is 0 Å². The third kappa shape index (κ3) is 6.16. The van der Waals surface area contributed by atoms with E-state index in [1.807, 2.05) is 6.92 Å². The van der Waals surface area contributed by atoms with Crippen LogP contribution in [-0.4, -0.2) is 37.5 Å². The second-order valence-corrected chi connectivity index (χ2v) is 8.38. The average Bonchev–Trinajstić information content (AvgIpc) is 2.46. The number of sulfonamides is 1. The molecule has 0 amide bonds. The van der Waals surface area contributed by atoms with Crippen molar-refractivity contribution in [2.24, 2.45) is 11.8 Å². The van der Waals surface area contributed by atoms with Crippen LogP contribution < -0.4 is 4.72 Å². The number of halogens is 1. The smallest absolute Gasteiger partial charge is 0.306 e. The maximum absolute atomic E-state index is 12.0. The van der Waals surface area contributed by atoms with Crippen molar-refractivity contribution in [2.45, 2.75) is 18.7 Å². The summed E-state index contributed by atoms with van der Waals surface area (Å²) >= 11 is 7.26. The SMILES string of the molecule is CC(CSCCNS(=O)(=O)c1ccc(Cl)cc1)C(C)C(=O)O. The molecular formula is C14H20ClNO4S2. The van der Waals surface area contributed by atoms with Crippen molar-refractivity contribution in [3.8, 4) is 0 Å². The predicted octanol–water partition coefficient (Wildman–Crippen LogP) is 2.71. The van der Waals surface area contributed by atoms with Crippen LogP contribution in [0.4, 0.5) is 0 Å². The fourth-order valence-electron chi connectivity index (χ4n) is 1.60. The highest BCUT2D eigenvalue weighted by Gasteiger charge is 2.19. The molecule has 0 aliphatic rings. The van der Waals surface area contributed by atoms with Crippen molar-refractivity contribution in [3.05, 3.63) is 29.3 Å². The Kier molecular flexibility index (Phi) is 7.68. The Bertz CT molecular complexity index is 589. The predicted molar refractivity (Wildman–Crippen MR) is 89.9 cm³/mol. The average molecular weight is 366 g/mol. The molecule has 2 unspecified atom stereocenters. The number of aliphatic carboxylic acids is 1. The topological polar surface area (TPSA) is 83.5 Å². The molecule has 0 aliphatic carbocycles. The normalized spacial score (nSPS) is 14.5. The first-order valence-electron chi connectivity index (χ1n) is 6.80. The van der Waals surface area contributed by atoms with Crippen LogP contribution in [0.3, 0.4) is 0 Å². The molecule has 22 heavy (non-hydrogen) atoms. The summed E-state index contributed by atoms with van der Waals surface area (Å²) in [6, 6.07) is 5.96. The Morgan fingerprint density at radius 1 is 1.32 bits per heavy atom. The van der Waals surface area contributed by atoms with Crippen molar-refractivity contribution in [3.63, 3.8) is 0 Å². The Morgan fingerprint density at radius 3 is 2.45 bits per heavy atom. The van der Waals surface area contributed by atoms with Crippen molar-refractivity contribution in [2.75, 3.05) is 18.1 Å². The van der Waals surface area contributed by atoms with E-state index in [0.717, 1.165) is 0 Å². The van der Waals surface area contributed by atoms with Crippen LogP contribution in [0, 0.1) is 11.8 Å². The lowest BCUT2D eigenvalue weighted by Gasteiger charge is -2.15. The van der Waals surface area contributed by atoms with Crippen molar-refractivity contribution < 1.29 is 18.3 Å². The summed E-state index contributed by atoms with van der Waals surface area (Å²) in [5.41, 5.74) is 0. The number of carboxylic acid groups (broad SMARTS) is 1. The third-order valence-corrected chi connectivity index (χ3v) is 6.27. The van der Waals surface area contributed by atoms with E-state index in [1.54, 1.807) is 6.92 Å². The van der Waals surface area contributed by atoms with E-state index in [9.17, 15) is 13.2 Å². The standard InChI is InChI=1S/C14H20ClNO4S2/c1-10(11(2)14(17)18)9-21-8-7-16-22(19,20)13-5-3-12(15)4-6-13/h3-6,10-11,16H,7-9H2,1-2H3,(H,17,18). The van der Waals surface area contributed by atoms with Gasteiger partial charge in [0.05, 0.1) is 10.8 Å². The number of hydrogen-bond donors (Lipinski definition) is 2. The first-order valence-corrected chi connectivity index (χ1v) is 9.81. The fourth-order valence-corrected chi connectivity index (χ4v) is 3.96. The Morgan fingerprint density at radius 2 is 1.91 bits per heavy atom. The van der Waals surface area contributed by atoms with E-state index < -0.39 is 21.9 Å². The highest BCUT2D eigenvalue weighted by atomic mass is 35.5. The van der Waals surface area contributed by atoms with Gasteiger partial charge in [-0.05, 0) is 35.9 Å². The van der Waals surface area contributed by atoms with Gasteiger partial charge in [0.25, 0.3) is 0 Å². The lowest BCUT2D eigenvalue weighted by atomic mass is 9.98. The summed E-state index contributed by atoms with van der Waals surface area (Å²) in [6.07, 6.45) is 0. The molecule has 8 heteroatoms. The van der Waals surface area contributed by atoms with Gasteiger partial charge in [0.2, 0.25) is 10.0 Å². The van der Waals surface area contributed by atoms with Gasteiger partial charge < -0.3 is 5.11 Å². The van der Waals surface area contributed by atoms with Gasteiger partial charge in [-0.15, -0.1) is 0 Å². The minimum Gasteiger partial charge on any atom is -0.481 e. The minimum absolute atomic E-state index is 0.0374. The van der Waals surface area contributed by atoms with Crippen molar-refractivity contribution in [1.29, 1.82) is 0 Å². The third-order valence-electron chi connectivity index (χ3n) is 3.29. The number of benzene rings is 1. The number of hydrogen-bond acceptors (Lipinski definition) is 4. The van der Waals surface area contributed by atoms with Crippen LogP contribution >= 0.6 is 23.4 Å². The van der Waals surface area contributed by atoms with Crippen LogP contribution in [0.1, 0.15) is 13.8 Å². The number of thioether (sulfide) groups is 1. The molecular weight excluding hydrogens is 346 g/mol. The summed E-state index contributed by atoms with van der Waals surface area (Å²) < 4.78 is 26.5. The number of carboxylic acids is 1. The first kappa shape index (κ1) is 19.3. The molecule has 0 saturated carbocycles. The van der Waals surface area contributed by atoms with E-state index >= 15 is 0 Å². The quantitative estimate of drug-likeness (QED) is 0.657. The lowest BCUT2D eigenvalue weighted by Crippen LogP contribution is -2.26. The molecule has 1 aromatic carbocycles. The van der Waals surface area contributed by atoms with Crippen LogP contribution in [0.25, 0.3) is 0 Å². The summed E-state index contributed by atoms with van der Waals surface area (Å²) in [5.74, 6) is 0.0878. The molecule has 2 atom stereocenters. The second-order valence-electron chi connectivity index (χ2n) is 5.03. The van der Waals surface area contributed by atoms with Crippen LogP contribution in [-0.2, 0) is 14.8 Å². The number of nitrogens with one attached hydrogen (secondary N) is 1. The molecule has 5 nitrogen and oxygen atoms in total. The monoisotopic (exact) mass is 365 g/mol. The zero-order chi connectivity index (χ0) is 16.8. The molecule has 0 bridgehead atoms. The molecule has 2 N–H and O–H groups in total. The van der Waals surface area contributed by atoms with Crippen molar-refractivity contribution in [1.82, 2.24) is 4.72 Å². The van der Waals surface area contributed by atoms with Gasteiger partial charge in [-0.3, -0.25) is 4.79 Å². The zero-order valence-corrected chi connectivity index (χ0v) is 14.8. The molecule has 124 valence electrons.